The molecule has 0 aromatic carbocycles. The van der Waals surface area contributed by atoms with Crippen LogP contribution in [-0.2, 0) is 9.59 Å². The fraction of sp³-hybridized carbons (Fsp3) is 0.571. The normalized spacial score (nSPS) is 12.8. The van der Waals surface area contributed by atoms with Crippen LogP contribution in [0, 0.1) is 5.41 Å². The average molecular weight is 172 g/mol. The van der Waals surface area contributed by atoms with Crippen LogP contribution in [0.5, 0.6) is 0 Å². The Kier molecular flexibility index (Phi) is 2.95. The highest BCUT2D eigenvalue weighted by Gasteiger charge is 2.29. The molecule has 0 aliphatic carbocycles. The molecule has 0 aliphatic heterocycles. The van der Waals surface area contributed by atoms with Crippen LogP contribution in [0.1, 0.15) is 20.8 Å². The monoisotopic (exact) mass is 172 g/mol. The molecule has 5 nitrogen and oxygen atoms in total. The number of carbonyl (C=O) groups is 2. The van der Waals surface area contributed by atoms with E-state index in [0.29, 0.717) is 0 Å². The van der Waals surface area contributed by atoms with E-state index in [9.17, 15) is 9.59 Å². The molecule has 0 rings (SSSR count). The summed E-state index contributed by atoms with van der Waals surface area (Å²) in [6.07, 6.45) is 0. The largest absolute Gasteiger partial charge is 0.410 e. The number of oxime groups is 1. The van der Waals surface area contributed by atoms with Gasteiger partial charge in [-0.1, -0.05) is 25.9 Å². The van der Waals surface area contributed by atoms with Gasteiger partial charge in [-0.3, -0.25) is 9.59 Å². The average Bonchev–Trinajstić information content (AvgIpc) is 1.86. The number of amides is 1. The van der Waals surface area contributed by atoms with Crippen LogP contribution in [0.3, 0.4) is 0 Å². The quantitative estimate of drug-likeness (QED) is 0.264. The number of primary amides is 1. The van der Waals surface area contributed by atoms with E-state index < -0.39 is 22.8 Å². The lowest BCUT2D eigenvalue weighted by atomic mass is 9.88. The van der Waals surface area contributed by atoms with Crippen LogP contribution in [-0.4, -0.2) is 22.6 Å². The van der Waals surface area contributed by atoms with Gasteiger partial charge in [-0.15, -0.1) is 0 Å². The highest BCUT2D eigenvalue weighted by molar-refractivity contribution is 6.66. The maximum Gasteiger partial charge on any atom is 0.274 e. The van der Waals surface area contributed by atoms with Gasteiger partial charge in [-0.25, -0.2) is 0 Å². The standard InChI is InChI=1S/C7H12N2O3/c1-7(2,3)5(10)4(9-12)6(8)11/h12H,1-3H3,(H2,8,11). The molecule has 0 saturated carbocycles. The lowest BCUT2D eigenvalue weighted by molar-refractivity contribution is -0.121. The first-order valence-electron chi connectivity index (χ1n) is 3.37. The van der Waals surface area contributed by atoms with E-state index in [1.54, 1.807) is 20.8 Å². The number of hydrogen-bond donors (Lipinski definition) is 2. The predicted molar refractivity (Wildman–Crippen MR) is 42.9 cm³/mol. The van der Waals surface area contributed by atoms with Gasteiger partial charge in [0.05, 0.1) is 0 Å². The zero-order valence-electron chi connectivity index (χ0n) is 7.29. The second-order valence-corrected chi connectivity index (χ2v) is 3.39. The first-order chi connectivity index (χ1) is 5.30. The second kappa shape index (κ2) is 3.34. The third-order valence-electron chi connectivity index (χ3n) is 1.23. The molecule has 0 aromatic rings. The molecule has 0 aliphatic rings. The van der Waals surface area contributed by atoms with Gasteiger partial charge in [-0.2, -0.15) is 0 Å². The third kappa shape index (κ3) is 2.34. The topological polar surface area (TPSA) is 92.8 Å². The van der Waals surface area contributed by atoms with Gasteiger partial charge in [0.2, 0.25) is 5.71 Å². The molecule has 0 heterocycles. The Balaban J connectivity index is 4.82. The van der Waals surface area contributed by atoms with Crippen molar-refractivity contribution in [3.63, 3.8) is 0 Å². The van der Waals surface area contributed by atoms with Crippen molar-refractivity contribution in [2.75, 3.05) is 0 Å². The van der Waals surface area contributed by atoms with E-state index in [-0.39, 0.29) is 0 Å². The summed E-state index contributed by atoms with van der Waals surface area (Å²) in [6, 6.07) is 0. The Morgan fingerprint density at radius 1 is 1.33 bits per heavy atom. The van der Waals surface area contributed by atoms with Crippen molar-refractivity contribution in [1.29, 1.82) is 0 Å². The Morgan fingerprint density at radius 2 is 1.75 bits per heavy atom. The maximum absolute atomic E-state index is 11.2. The lowest BCUT2D eigenvalue weighted by Crippen LogP contribution is -2.37. The minimum absolute atomic E-state index is 0.572. The molecule has 0 unspecified atom stereocenters. The molecule has 0 bridgehead atoms. The molecule has 0 aromatic heterocycles. The summed E-state index contributed by atoms with van der Waals surface area (Å²) in [5, 5.41) is 10.8. The summed E-state index contributed by atoms with van der Waals surface area (Å²) < 4.78 is 0. The van der Waals surface area contributed by atoms with Gasteiger partial charge in [0.15, 0.2) is 5.78 Å². The molecule has 12 heavy (non-hydrogen) atoms. The Morgan fingerprint density at radius 3 is 1.83 bits per heavy atom. The number of ketones is 1. The second-order valence-electron chi connectivity index (χ2n) is 3.39. The van der Waals surface area contributed by atoms with E-state index in [1.807, 2.05) is 0 Å². The number of Topliss-reactive ketones (excluding diaryl/α,β-unsaturated/α-hetero) is 1. The van der Waals surface area contributed by atoms with Crippen molar-refractivity contribution in [2.45, 2.75) is 20.8 Å². The van der Waals surface area contributed by atoms with Gasteiger partial charge < -0.3 is 10.9 Å². The van der Waals surface area contributed by atoms with Crippen LogP contribution < -0.4 is 5.73 Å². The van der Waals surface area contributed by atoms with Crippen molar-refractivity contribution in [3.05, 3.63) is 0 Å². The molecular weight excluding hydrogens is 160 g/mol. The molecule has 0 spiro atoms. The number of carbonyl (C=O) groups excluding carboxylic acids is 2. The molecule has 0 saturated heterocycles. The summed E-state index contributed by atoms with van der Waals surface area (Å²) in [5.41, 5.74) is 3.42. The first-order valence-corrected chi connectivity index (χ1v) is 3.37. The highest BCUT2D eigenvalue weighted by Crippen LogP contribution is 2.15. The summed E-state index contributed by atoms with van der Waals surface area (Å²) in [7, 11) is 0. The molecule has 68 valence electrons. The molecular formula is C7H12N2O3. The van der Waals surface area contributed by atoms with Gasteiger partial charge in [0.1, 0.15) is 0 Å². The van der Waals surface area contributed by atoms with Crippen molar-refractivity contribution in [1.82, 2.24) is 0 Å². The third-order valence-corrected chi connectivity index (χ3v) is 1.23. The Hall–Kier alpha value is -1.39. The Bertz CT molecular complexity index is 238. The van der Waals surface area contributed by atoms with E-state index in [1.165, 1.54) is 0 Å². The summed E-state index contributed by atoms with van der Waals surface area (Å²) in [6.45, 7) is 4.80. The fourth-order valence-electron chi connectivity index (χ4n) is 0.562. The van der Waals surface area contributed by atoms with Crippen molar-refractivity contribution >= 4 is 17.4 Å². The molecule has 1 amide bonds. The zero-order valence-corrected chi connectivity index (χ0v) is 7.29. The van der Waals surface area contributed by atoms with E-state index in [0.717, 1.165) is 0 Å². The van der Waals surface area contributed by atoms with Crippen molar-refractivity contribution in [2.24, 2.45) is 16.3 Å². The van der Waals surface area contributed by atoms with Gasteiger partial charge in [0, 0.05) is 5.41 Å². The maximum atomic E-state index is 11.2. The van der Waals surface area contributed by atoms with Crippen molar-refractivity contribution < 1.29 is 14.8 Å². The number of nitrogens with two attached hydrogens (primary N) is 1. The zero-order chi connectivity index (χ0) is 9.94. The van der Waals surface area contributed by atoms with Crippen LogP contribution in [0.2, 0.25) is 0 Å². The van der Waals surface area contributed by atoms with E-state index in [4.69, 9.17) is 10.9 Å². The fourth-order valence-corrected chi connectivity index (χ4v) is 0.562. The molecule has 0 fully saturated rings. The SMILES string of the molecule is CC(C)(C)C(=O)C(=NO)C(N)=O. The molecule has 5 heteroatoms. The van der Waals surface area contributed by atoms with E-state index >= 15 is 0 Å². The minimum atomic E-state index is -1.02. The molecule has 0 atom stereocenters. The van der Waals surface area contributed by atoms with Crippen LogP contribution in [0.4, 0.5) is 0 Å². The summed E-state index contributed by atoms with van der Waals surface area (Å²) in [4.78, 5) is 21.8. The van der Waals surface area contributed by atoms with E-state index in [2.05, 4.69) is 5.16 Å². The lowest BCUT2D eigenvalue weighted by Gasteiger charge is -2.14. The summed E-state index contributed by atoms with van der Waals surface area (Å²) in [5.74, 6) is -1.59. The molecule has 0 radical (unpaired) electrons. The Labute approximate surface area is 70.2 Å². The van der Waals surface area contributed by atoms with Crippen LogP contribution >= 0.6 is 0 Å². The molecule has 3 N–H and O–H groups in total. The number of nitrogens with zero attached hydrogens (tertiary/aromatic N) is 1. The highest BCUT2D eigenvalue weighted by atomic mass is 16.4. The predicted octanol–water partition coefficient (Wildman–Crippen LogP) is -0.0829. The van der Waals surface area contributed by atoms with Gasteiger partial charge in [0.25, 0.3) is 5.91 Å². The van der Waals surface area contributed by atoms with Gasteiger partial charge in [-0.05, 0) is 0 Å². The minimum Gasteiger partial charge on any atom is -0.410 e. The van der Waals surface area contributed by atoms with Crippen LogP contribution in [0.25, 0.3) is 0 Å². The first kappa shape index (κ1) is 10.6. The number of rotatable bonds is 2. The van der Waals surface area contributed by atoms with Crippen LogP contribution in [0.15, 0.2) is 5.16 Å². The van der Waals surface area contributed by atoms with Gasteiger partial charge >= 0.3 is 0 Å². The summed E-state index contributed by atoms with van der Waals surface area (Å²) >= 11 is 0. The number of hydrogen-bond acceptors (Lipinski definition) is 4. The van der Waals surface area contributed by atoms with Crippen molar-refractivity contribution in [3.8, 4) is 0 Å². The smallest absolute Gasteiger partial charge is 0.274 e.